The third kappa shape index (κ3) is 3.02. The van der Waals surface area contributed by atoms with Gasteiger partial charge in [-0.05, 0) is 24.5 Å². The van der Waals surface area contributed by atoms with E-state index in [1.54, 1.807) is 6.07 Å². The third-order valence-corrected chi connectivity index (χ3v) is 2.84. The first-order chi connectivity index (χ1) is 6.65. The average molecular weight is 230 g/mol. The van der Waals surface area contributed by atoms with Gasteiger partial charge in [0.15, 0.2) is 0 Å². The Kier molecular flexibility index (Phi) is 4.46. The van der Waals surface area contributed by atoms with E-state index in [-0.39, 0.29) is 6.04 Å². The standard InChI is InChI=1S/C11H13Cl2N/c1-2-4-9(14)7-8-5-3-6-10(12)11(8)13/h2-3,5-6,9H,1,4,7,14H2. The van der Waals surface area contributed by atoms with E-state index in [4.69, 9.17) is 28.9 Å². The van der Waals surface area contributed by atoms with Crippen LogP contribution in [-0.4, -0.2) is 6.04 Å². The predicted molar refractivity (Wildman–Crippen MR) is 63.0 cm³/mol. The molecule has 2 N–H and O–H groups in total. The van der Waals surface area contributed by atoms with Gasteiger partial charge in [-0.2, -0.15) is 0 Å². The van der Waals surface area contributed by atoms with Crippen LogP contribution in [0, 0.1) is 0 Å². The van der Waals surface area contributed by atoms with E-state index in [0.717, 1.165) is 18.4 Å². The molecule has 0 aromatic heterocycles. The minimum absolute atomic E-state index is 0.0588. The van der Waals surface area contributed by atoms with Crippen molar-refractivity contribution in [3.8, 4) is 0 Å². The lowest BCUT2D eigenvalue weighted by Gasteiger charge is -2.10. The van der Waals surface area contributed by atoms with Crippen LogP contribution < -0.4 is 5.73 Å². The highest BCUT2D eigenvalue weighted by atomic mass is 35.5. The quantitative estimate of drug-likeness (QED) is 0.787. The average Bonchev–Trinajstić information content (AvgIpc) is 2.13. The molecule has 0 aliphatic heterocycles. The second kappa shape index (κ2) is 5.40. The Labute approximate surface area is 94.5 Å². The van der Waals surface area contributed by atoms with Crippen LogP contribution >= 0.6 is 23.2 Å². The molecule has 0 heterocycles. The summed E-state index contributed by atoms with van der Waals surface area (Å²) in [6.45, 7) is 3.64. The molecule has 1 unspecified atom stereocenters. The molecule has 0 spiro atoms. The van der Waals surface area contributed by atoms with E-state index in [9.17, 15) is 0 Å². The largest absolute Gasteiger partial charge is 0.327 e. The molecule has 3 heteroatoms. The van der Waals surface area contributed by atoms with E-state index in [1.807, 2.05) is 18.2 Å². The van der Waals surface area contributed by atoms with Crippen molar-refractivity contribution < 1.29 is 0 Å². The second-order valence-corrected chi connectivity index (χ2v) is 3.99. The SMILES string of the molecule is C=CCC(N)Cc1cccc(Cl)c1Cl. The molecule has 0 amide bonds. The molecule has 0 saturated heterocycles. The summed E-state index contributed by atoms with van der Waals surface area (Å²) in [6.07, 6.45) is 3.32. The zero-order valence-corrected chi connectivity index (χ0v) is 9.35. The van der Waals surface area contributed by atoms with Gasteiger partial charge in [-0.25, -0.2) is 0 Å². The molecule has 0 aliphatic carbocycles. The second-order valence-electron chi connectivity index (χ2n) is 3.20. The number of hydrogen-bond donors (Lipinski definition) is 1. The van der Waals surface area contributed by atoms with Crippen LogP contribution in [0.2, 0.25) is 10.0 Å². The Morgan fingerprint density at radius 2 is 2.14 bits per heavy atom. The van der Waals surface area contributed by atoms with E-state index in [2.05, 4.69) is 6.58 Å². The fourth-order valence-electron chi connectivity index (χ4n) is 1.29. The maximum absolute atomic E-state index is 6.02. The number of nitrogens with two attached hydrogens (primary N) is 1. The minimum Gasteiger partial charge on any atom is -0.327 e. The van der Waals surface area contributed by atoms with Crippen LogP contribution in [0.3, 0.4) is 0 Å². The molecule has 1 aromatic carbocycles. The predicted octanol–water partition coefficient (Wildman–Crippen LogP) is 3.44. The lowest BCUT2D eigenvalue weighted by molar-refractivity contribution is 0.680. The maximum atomic E-state index is 6.02. The third-order valence-electron chi connectivity index (χ3n) is 1.98. The summed E-state index contributed by atoms with van der Waals surface area (Å²) in [5, 5.41) is 1.18. The molecule has 1 nitrogen and oxygen atoms in total. The van der Waals surface area contributed by atoms with Gasteiger partial charge in [-0.1, -0.05) is 41.4 Å². The molecule has 14 heavy (non-hydrogen) atoms. The Morgan fingerprint density at radius 1 is 1.43 bits per heavy atom. The number of halogens is 2. The first-order valence-electron chi connectivity index (χ1n) is 4.44. The van der Waals surface area contributed by atoms with Crippen molar-refractivity contribution in [1.82, 2.24) is 0 Å². The van der Waals surface area contributed by atoms with E-state index in [1.165, 1.54) is 0 Å². The van der Waals surface area contributed by atoms with E-state index >= 15 is 0 Å². The zero-order chi connectivity index (χ0) is 10.6. The summed E-state index contributed by atoms with van der Waals surface area (Å²) in [7, 11) is 0. The lowest BCUT2D eigenvalue weighted by Crippen LogP contribution is -2.21. The monoisotopic (exact) mass is 229 g/mol. The van der Waals surface area contributed by atoms with Crippen molar-refractivity contribution in [1.29, 1.82) is 0 Å². The normalized spacial score (nSPS) is 12.5. The highest BCUT2D eigenvalue weighted by molar-refractivity contribution is 6.42. The van der Waals surface area contributed by atoms with Crippen LogP contribution in [0.5, 0.6) is 0 Å². The van der Waals surface area contributed by atoms with Gasteiger partial charge in [0, 0.05) is 6.04 Å². The molecule has 1 atom stereocenters. The van der Waals surface area contributed by atoms with Crippen LogP contribution in [0.4, 0.5) is 0 Å². The molecule has 0 saturated carbocycles. The topological polar surface area (TPSA) is 26.0 Å². The molecular weight excluding hydrogens is 217 g/mol. The fourth-order valence-corrected chi connectivity index (χ4v) is 1.68. The summed E-state index contributed by atoms with van der Waals surface area (Å²) < 4.78 is 0. The molecular formula is C11H13Cl2N. The molecule has 0 bridgehead atoms. The Hall–Kier alpha value is -0.500. The first-order valence-corrected chi connectivity index (χ1v) is 5.20. The number of benzene rings is 1. The van der Waals surface area contributed by atoms with Gasteiger partial charge in [0.25, 0.3) is 0 Å². The van der Waals surface area contributed by atoms with Crippen LogP contribution in [0.1, 0.15) is 12.0 Å². The van der Waals surface area contributed by atoms with E-state index < -0.39 is 0 Å². The highest BCUT2D eigenvalue weighted by Gasteiger charge is 2.07. The summed E-state index contributed by atoms with van der Waals surface area (Å²) in [5.74, 6) is 0. The molecule has 0 aliphatic rings. The minimum atomic E-state index is 0.0588. The van der Waals surface area contributed by atoms with Crippen LogP contribution in [-0.2, 0) is 6.42 Å². The zero-order valence-electron chi connectivity index (χ0n) is 7.84. The van der Waals surface area contributed by atoms with Gasteiger partial charge in [0.2, 0.25) is 0 Å². The van der Waals surface area contributed by atoms with Gasteiger partial charge >= 0.3 is 0 Å². The molecule has 1 rings (SSSR count). The van der Waals surface area contributed by atoms with Crippen LogP contribution in [0.15, 0.2) is 30.9 Å². The Bertz CT molecular complexity index is 323. The summed E-state index contributed by atoms with van der Waals surface area (Å²) in [4.78, 5) is 0. The Morgan fingerprint density at radius 3 is 2.79 bits per heavy atom. The molecule has 1 aromatic rings. The van der Waals surface area contributed by atoms with Crippen molar-refractivity contribution >= 4 is 23.2 Å². The Balaban J connectivity index is 2.76. The van der Waals surface area contributed by atoms with E-state index in [0.29, 0.717) is 10.0 Å². The molecule has 0 fully saturated rings. The van der Waals surface area contributed by atoms with Crippen molar-refractivity contribution in [2.24, 2.45) is 5.73 Å². The lowest BCUT2D eigenvalue weighted by atomic mass is 10.0. The smallest absolute Gasteiger partial charge is 0.0624 e. The first kappa shape index (κ1) is 11.6. The van der Waals surface area contributed by atoms with Crippen LogP contribution in [0.25, 0.3) is 0 Å². The molecule has 76 valence electrons. The van der Waals surface area contributed by atoms with Crippen molar-refractivity contribution in [2.75, 3.05) is 0 Å². The van der Waals surface area contributed by atoms with Gasteiger partial charge in [-0.15, -0.1) is 6.58 Å². The maximum Gasteiger partial charge on any atom is 0.0624 e. The summed E-state index contributed by atoms with van der Waals surface area (Å²) >= 11 is 11.9. The van der Waals surface area contributed by atoms with Crippen molar-refractivity contribution in [2.45, 2.75) is 18.9 Å². The molecule has 0 radical (unpaired) electrons. The number of rotatable bonds is 4. The van der Waals surface area contributed by atoms with Gasteiger partial charge in [0.1, 0.15) is 0 Å². The van der Waals surface area contributed by atoms with Crippen molar-refractivity contribution in [3.63, 3.8) is 0 Å². The van der Waals surface area contributed by atoms with Gasteiger partial charge in [0.05, 0.1) is 10.0 Å². The summed E-state index contributed by atoms with van der Waals surface area (Å²) in [5.41, 5.74) is 6.86. The van der Waals surface area contributed by atoms with Gasteiger partial charge in [-0.3, -0.25) is 0 Å². The fraction of sp³-hybridized carbons (Fsp3) is 0.273. The van der Waals surface area contributed by atoms with Crippen molar-refractivity contribution in [3.05, 3.63) is 46.5 Å². The highest BCUT2D eigenvalue weighted by Crippen LogP contribution is 2.26. The summed E-state index contributed by atoms with van der Waals surface area (Å²) in [6, 6.07) is 5.65. The number of hydrogen-bond acceptors (Lipinski definition) is 1. The van der Waals surface area contributed by atoms with Gasteiger partial charge < -0.3 is 5.73 Å².